The number of hydrogen-bond donors (Lipinski definition) is 0. The van der Waals surface area contributed by atoms with Gasteiger partial charge in [0.2, 0.25) is 0 Å². The standard InChI is InChI=1S/C12H18O/c1-2-12(13)11-8-7-9-5-3-4-6-10(9)11/h11H,2-8H2,1H3. The Morgan fingerprint density at radius 2 is 2.08 bits per heavy atom. The Bertz CT molecular complexity index is 250. The van der Waals surface area contributed by atoms with E-state index in [0.29, 0.717) is 11.7 Å². The molecule has 0 saturated heterocycles. The summed E-state index contributed by atoms with van der Waals surface area (Å²) in [5.74, 6) is 0.812. The Balaban J connectivity index is 2.16. The number of carbonyl (C=O) groups excluding carboxylic acids is 1. The molecule has 1 heteroatoms. The van der Waals surface area contributed by atoms with Crippen LogP contribution in [0.25, 0.3) is 0 Å². The Morgan fingerprint density at radius 3 is 2.85 bits per heavy atom. The predicted octanol–water partition coefficient (Wildman–Crippen LogP) is 3.25. The van der Waals surface area contributed by atoms with Crippen molar-refractivity contribution in [3.05, 3.63) is 11.1 Å². The molecule has 0 aromatic rings. The van der Waals surface area contributed by atoms with E-state index < -0.39 is 0 Å². The number of Topliss-reactive ketones (excluding diaryl/α,β-unsaturated/α-hetero) is 1. The molecule has 0 N–H and O–H groups in total. The van der Waals surface area contributed by atoms with Crippen molar-refractivity contribution >= 4 is 5.78 Å². The van der Waals surface area contributed by atoms with E-state index in [-0.39, 0.29) is 0 Å². The maximum atomic E-state index is 11.6. The first kappa shape index (κ1) is 8.98. The van der Waals surface area contributed by atoms with Crippen molar-refractivity contribution in [1.82, 2.24) is 0 Å². The Hall–Kier alpha value is -0.590. The fourth-order valence-corrected chi connectivity index (χ4v) is 2.79. The topological polar surface area (TPSA) is 17.1 Å². The number of ketones is 1. The summed E-state index contributed by atoms with van der Waals surface area (Å²) in [7, 11) is 0. The van der Waals surface area contributed by atoms with Crippen LogP contribution in [0, 0.1) is 5.92 Å². The summed E-state index contributed by atoms with van der Waals surface area (Å²) in [6.07, 6.45) is 8.22. The lowest BCUT2D eigenvalue weighted by molar-refractivity contribution is -0.121. The van der Waals surface area contributed by atoms with Crippen molar-refractivity contribution in [3.8, 4) is 0 Å². The molecule has 0 aromatic carbocycles. The number of rotatable bonds is 2. The zero-order chi connectivity index (χ0) is 9.26. The van der Waals surface area contributed by atoms with E-state index in [0.717, 1.165) is 12.8 Å². The van der Waals surface area contributed by atoms with E-state index in [2.05, 4.69) is 0 Å². The largest absolute Gasteiger partial charge is 0.299 e. The van der Waals surface area contributed by atoms with Crippen LogP contribution in [0.4, 0.5) is 0 Å². The molecule has 2 rings (SSSR count). The smallest absolute Gasteiger partial charge is 0.139 e. The fraction of sp³-hybridized carbons (Fsp3) is 0.750. The van der Waals surface area contributed by atoms with Gasteiger partial charge in [-0.1, -0.05) is 18.1 Å². The quantitative estimate of drug-likeness (QED) is 0.593. The fourth-order valence-electron chi connectivity index (χ4n) is 2.79. The molecule has 1 atom stereocenters. The monoisotopic (exact) mass is 178 g/mol. The molecule has 72 valence electrons. The second-order valence-electron chi connectivity index (χ2n) is 4.25. The van der Waals surface area contributed by atoms with Crippen molar-refractivity contribution in [2.45, 2.75) is 51.9 Å². The highest BCUT2D eigenvalue weighted by molar-refractivity contribution is 5.84. The zero-order valence-electron chi connectivity index (χ0n) is 8.44. The van der Waals surface area contributed by atoms with Crippen LogP contribution in [0.15, 0.2) is 11.1 Å². The molecule has 0 heterocycles. The van der Waals surface area contributed by atoms with Crippen LogP contribution in [-0.2, 0) is 4.79 Å². The minimum atomic E-state index is 0.334. The first-order valence-corrected chi connectivity index (χ1v) is 5.56. The van der Waals surface area contributed by atoms with E-state index in [1.54, 1.807) is 5.57 Å². The van der Waals surface area contributed by atoms with E-state index >= 15 is 0 Å². The first-order chi connectivity index (χ1) is 6.33. The Labute approximate surface area is 80.2 Å². The molecule has 1 unspecified atom stereocenters. The summed E-state index contributed by atoms with van der Waals surface area (Å²) in [6, 6.07) is 0. The van der Waals surface area contributed by atoms with Gasteiger partial charge in [-0.25, -0.2) is 0 Å². The molecule has 0 radical (unpaired) electrons. The van der Waals surface area contributed by atoms with Gasteiger partial charge in [-0.05, 0) is 38.5 Å². The zero-order valence-corrected chi connectivity index (χ0v) is 8.44. The van der Waals surface area contributed by atoms with E-state index in [1.165, 1.54) is 37.7 Å². The molecule has 0 spiro atoms. The number of carbonyl (C=O) groups is 1. The van der Waals surface area contributed by atoms with Gasteiger partial charge in [0.15, 0.2) is 0 Å². The summed E-state index contributed by atoms with van der Waals surface area (Å²) in [5, 5.41) is 0. The third-order valence-corrected chi connectivity index (χ3v) is 3.52. The third kappa shape index (κ3) is 1.56. The lowest BCUT2D eigenvalue weighted by Crippen LogP contribution is -2.13. The third-order valence-electron chi connectivity index (χ3n) is 3.52. The lowest BCUT2D eigenvalue weighted by atomic mass is 9.87. The van der Waals surface area contributed by atoms with Crippen LogP contribution in [0.5, 0.6) is 0 Å². The maximum Gasteiger partial charge on any atom is 0.139 e. The van der Waals surface area contributed by atoms with Crippen LogP contribution in [0.1, 0.15) is 51.9 Å². The van der Waals surface area contributed by atoms with Gasteiger partial charge in [0.25, 0.3) is 0 Å². The normalized spacial score (nSPS) is 27.6. The summed E-state index contributed by atoms with van der Waals surface area (Å²) in [5.41, 5.74) is 3.18. The van der Waals surface area contributed by atoms with E-state index in [4.69, 9.17) is 0 Å². The Kier molecular flexibility index (Phi) is 2.52. The summed E-state index contributed by atoms with van der Waals surface area (Å²) in [6.45, 7) is 1.99. The summed E-state index contributed by atoms with van der Waals surface area (Å²) < 4.78 is 0. The average Bonchev–Trinajstić information content (AvgIpc) is 2.60. The van der Waals surface area contributed by atoms with Gasteiger partial charge in [0.05, 0.1) is 0 Å². The lowest BCUT2D eigenvalue weighted by Gasteiger charge is -2.18. The van der Waals surface area contributed by atoms with Gasteiger partial charge in [0, 0.05) is 12.3 Å². The average molecular weight is 178 g/mol. The van der Waals surface area contributed by atoms with Crippen LogP contribution < -0.4 is 0 Å². The van der Waals surface area contributed by atoms with Gasteiger partial charge in [-0.3, -0.25) is 4.79 Å². The number of hydrogen-bond acceptors (Lipinski definition) is 1. The van der Waals surface area contributed by atoms with Gasteiger partial charge in [0.1, 0.15) is 5.78 Å². The Morgan fingerprint density at radius 1 is 1.31 bits per heavy atom. The molecule has 0 aromatic heterocycles. The second kappa shape index (κ2) is 3.65. The molecule has 0 aliphatic heterocycles. The molecular weight excluding hydrogens is 160 g/mol. The van der Waals surface area contributed by atoms with Crippen molar-refractivity contribution < 1.29 is 4.79 Å². The van der Waals surface area contributed by atoms with Crippen LogP contribution in [-0.4, -0.2) is 5.78 Å². The van der Waals surface area contributed by atoms with E-state index in [9.17, 15) is 4.79 Å². The molecule has 0 fully saturated rings. The van der Waals surface area contributed by atoms with Crippen LogP contribution >= 0.6 is 0 Å². The predicted molar refractivity (Wildman–Crippen MR) is 53.5 cm³/mol. The SMILES string of the molecule is CCC(=O)C1CCC2=C1CCCC2. The highest BCUT2D eigenvalue weighted by atomic mass is 16.1. The van der Waals surface area contributed by atoms with Gasteiger partial charge < -0.3 is 0 Å². The molecule has 2 aliphatic carbocycles. The van der Waals surface area contributed by atoms with Crippen molar-refractivity contribution in [2.24, 2.45) is 5.92 Å². The van der Waals surface area contributed by atoms with E-state index in [1.807, 2.05) is 6.92 Å². The highest BCUT2D eigenvalue weighted by Gasteiger charge is 2.30. The minimum Gasteiger partial charge on any atom is -0.299 e. The summed E-state index contributed by atoms with van der Waals surface area (Å²) in [4.78, 5) is 11.6. The van der Waals surface area contributed by atoms with Gasteiger partial charge in [-0.2, -0.15) is 0 Å². The van der Waals surface area contributed by atoms with Gasteiger partial charge >= 0.3 is 0 Å². The van der Waals surface area contributed by atoms with Crippen LogP contribution in [0.3, 0.4) is 0 Å². The maximum absolute atomic E-state index is 11.6. The molecule has 2 aliphatic rings. The molecule has 13 heavy (non-hydrogen) atoms. The second-order valence-corrected chi connectivity index (χ2v) is 4.25. The van der Waals surface area contributed by atoms with Crippen molar-refractivity contribution in [3.63, 3.8) is 0 Å². The molecular formula is C12H18O. The van der Waals surface area contributed by atoms with Gasteiger partial charge in [-0.15, -0.1) is 0 Å². The minimum absolute atomic E-state index is 0.334. The molecule has 0 saturated carbocycles. The first-order valence-electron chi connectivity index (χ1n) is 5.56. The van der Waals surface area contributed by atoms with Crippen molar-refractivity contribution in [2.75, 3.05) is 0 Å². The van der Waals surface area contributed by atoms with Crippen molar-refractivity contribution in [1.29, 1.82) is 0 Å². The molecule has 0 amide bonds. The van der Waals surface area contributed by atoms with Crippen LogP contribution in [0.2, 0.25) is 0 Å². The summed E-state index contributed by atoms with van der Waals surface area (Å²) >= 11 is 0. The molecule has 0 bridgehead atoms. The molecule has 1 nitrogen and oxygen atoms in total. The highest BCUT2D eigenvalue weighted by Crippen LogP contribution is 2.41. The number of allylic oxidation sites excluding steroid dienone is 2.